The Hall–Kier alpha value is -3.61. The van der Waals surface area contributed by atoms with E-state index in [4.69, 9.17) is 4.74 Å². The smallest absolute Gasteiger partial charge is 0.335 e. The van der Waals surface area contributed by atoms with Crippen LogP contribution in [0.3, 0.4) is 0 Å². The Labute approximate surface area is 148 Å². The van der Waals surface area contributed by atoms with E-state index in [1.165, 1.54) is 6.21 Å². The molecule has 0 bridgehead atoms. The molecule has 0 fully saturated rings. The second-order valence-electron chi connectivity index (χ2n) is 5.63. The number of aromatic amines is 1. The van der Waals surface area contributed by atoms with E-state index in [2.05, 4.69) is 9.98 Å². The van der Waals surface area contributed by atoms with Crippen LogP contribution in [0.25, 0.3) is 5.69 Å². The first-order chi connectivity index (χ1) is 12.5. The largest absolute Gasteiger partial charge is 0.497 e. The molecule has 3 rings (SSSR count). The van der Waals surface area contributed by atoms with E-state index in [1.54, 1.807) is 49.6 Å². The molecule has 2 N–H and O–H groups in total. The van der Waals surface area contributed by atoms with Crippen LogP contribution in [-0.4, -0.2) is 28.0 Å². The standard InChI is InChI=1S/C19H17N3O4/c1-12-4-3-5-14(10-12)22-18(24)16(17(23)21-19(22)25)11-20-13-6-8-15(26-2)9-7-13/h3-11,24H,1-2H3,(H,21,23,25). The Morgan fingerprint density at radius 1 is 1.15 bits per heavy atom. The predicted octanol–water partition coefficient (Wildman–Crippen LogP) is 2.30. The van der Waals surface area contributed by atoms with Gasteiger partial charge in [-0.3, -0.25) is 14.8 Å². The number of H-pyrrole nitrogens is 1. The van der Waals surface area contributed by atoms with Gasteiger partial charge in [-0.1, -0.05) is 12.1 Å². The molecule has 7 nitrogen and oxygen atoms in total. The molecular weight excluding hydrogens is 334 g/mol. The summed E-state index contributed by atoms with van der Waals surface area (Å²) in [6.45, 7) is 1.86. The molecule has 0 aliphatic heterocycles. The number of aromatic hydroxyl groups is 1. The van der Waals surface area contributed by atoms with Crippen molar-refractivity contribution in [2.45, 2.75) is 6.92 Å². The highest BCUT2D eigenvalue weighted by atomic mass is 16.5. The maximum absolute atomic E-state index is 12.2. The van der Waals surface area contributed by atoms with Gasteiger partial charge in [0.25, 0.3) is 5.56 Å². The van der Waals surface area contributed by atoms with E-state index in [9.17, 15) is 14.7 Å². The lowest BCUT2D eigenvalue weighted by molar-refractivity contribution is 0.415. The zero-order chi connectivity index (χ0) is 18.7. The molecule has 0 saturated carbocycles. The minimum absolute atomic E-state index is 0.109. The fourth-order valence-electron chi connectivity index (χ4n) is 2.47. The van der Waals surface area contributed by atoms with Crippen molar-refractivity contribution in [3.8, 4) is 17.3 Å². The molecular formula is C19H17N3O4. The molecule has 26 heavy (non-hydrogen) atoms. The van der Waals surface area contributed by atoms with E-state index >= 15 is 0 Å². The molecule has 0 amide bonds. The van der Waals surface area contributed by atoms with E-state index in [1.807, 2.05) is 13.0 Å². The number of nitrogens with one attached hydrogen (secondary N) is 1. The Morgan fingerprint density at radius 2 is 1.88 bits per heavy atom. The lowest BCUT2D eigenvalue weighted by Crippen LogP contribution is -2.31. The van der Waals surface area contributed by atoms with E-state index in [0.717, 1.165) is 10.1 Å². The molecule has 0 radical (unpaired) electrons. The summed E-state index contributed by atoms with van der Waals surface area (Å²) in [6.07, 6.45) is 1.22. The van der Waals surface area contributed by atoms with Gasteiger partial charge >= 0.3 is 5.69 Å². The van der Waals surface area contributed by atoms with Gasteiger partial charge in [0.05, 0.1) is 18.5 Å². The quantitative estimate of drug-likeness (QED) is 0.705. The minimum Gasteiger partial charge on any atom is -0.497 e. The molecule has 1 heterocycles. The number of benzene rings is 2. The number of rotatable bonds is 4. The average Bonchev–Trinajstić information content (AvgIpc) is 2.62. The first-order valence-corrected chi connectivity index (χ1v) is 7.83. The molecule has 0 saturated heterocycles. The number of aliphatic imine (C=N–C) groups is 1. The molecule has 0 aliphatic rings. The molecule has 1 aromatic heterocycles. The Balaban J connectivity index is 2.07. The van der Waals surface area contributed by atoms with Gasteiger partial charge in [0.1, 0.15) is 11.3 Å². The number of aromatic nitrogens is 2. The van der Waals surface area contributed by atoms with Crippen LogP contribution in [-0.2, 0) is 0 Å². The maximum atomic E-state index is 12.2. The van der Waals surface area contributed by atoms with Crippen LogP contribution in [0.1, 0.15) is 11.1 Å². The van der Waals surface area contributed by atoms with E-state index in [-0.39, 0.29) is 5.56 Å². The second-order valence-corrected chi connectivity index (χ2v) is 5.63. The van der Waals surface area contributed by atoms with Crippen LogP contribution < -0.4 is 16.0 Å². The first kappa shape index (κ1) is 17.2. The van der Waals surface area contributed by atoms with E-state index in [0.29, 0.717) is 17.1 Å². The third-order valence-electron chi connectivity index (χ3n) is 3.80. The van der Waals surface area contributed by atoms with Crippen LogP contribution in [0.5, 0.6) is 11.6 Å². The Kier molecular flexibility index (Phi) is 4.70. The highest BCUT2D eigenvalue weighted by Gasteiger charge is 2.14. The monoisotopic (exact) mass is 351 g/mol. The molecule has 0 atom stereocenters. The number of methoxy groups -OCH3 is 1. The number of aryl methyl sites for hydroxylation is 1. The average molecular weight is 351 g/mol. The molecule has 2 aromatic carbocycles. The van der Waals surface area contributed by atoms with Crippen molar-refractivity contribution < 1.29 is 9.84 Å². The number of hydrogen-bond acceptors (Lipinski definition) is 5. The molecule has 0 unspecified atom stereocenters. The minimum atomic E-state index is -0.723. The SMILES string of the molecule is COc1ccc(N=Cc2c(O)n(-c3cccc(C)c3)c(=O)[nH]c2=O)cc1. The van der Waals surface area contributed by atoms with Crippen molar-refractivity contribution in [1.82, 2.24) is 9.55 Å². The summed E-state index contributed by atoms with van der Waals surface area (Å²) in [5, 5.41) is 10.5. The Morgan fingerprint density at radius 3 is 2.54 bits per heavy atom. The highest BCUT2D eigenvalue weighted by molar-refractivity contribution is 5.84. The lowest BCUT2D eigenvalue weighted by atomic mass is 10.2. The Bertz CT molecular complexity index is 1080. The third-order valence-corrected chi connectivity index (χ3v) is 3.80. The van der Waals surface area contributed by atoms with Gasteiger partial charge in [-0.05, 0) is 48.9 Å². The van der Waals surface area contributed by atoms with Gasteiger partial charge < -0.3 is 9.84 Å². The van der Waals surface area contributed by atoms with Crippen LogP contribution in [0.2, 0.25) is 0 Å². The van der Waals surface area contributed by atoms with Crippen molar-refractivity contribution in [3.63, 3.8) is 0 Å². The van der Waals surface area contributed by atoms with Crippen molar-refractivity contribution in [2.75, 3.05) is 7.11 Å². The van der Waals surface area contributed by atoms with Crippen molar-refractivity contribution in [3.05, 3.63) is 80.5 Å². The predicted molar refractivity (Wildman–Crippen MR) is 99.3 cm³/mol. The fourth-order valence-corrected chi connectivity index (χ4v) is 2.47. The summed E-state index contributed by atoms with van der Waals surface area (Å²) >= 11 is 0. The zero-order valence-corrected chi connectivity index (χ0v) is 14.3. The van der Waals surface area contributed by atoms with Gasteiger partial charge in [0, 0.05) is 6.21 Å². The molecule has 0 aliphatic carbocycles. The van der Waals surface area contributed by atoms with Crippen LogP contribution in [0, 0.1) is 6.92 Å². The summed E-state index contributed by atoms with van der Waals surface area (Å²) < 4.78 is 6.10. The van der Waals surface area contributed by atoms with Crippen LogP contribution >= 0.6 is 0 Å². The fraction of sp³-hybridized carbons (Fsp3) is 0.105. The molecule has 3 aromatic rings. The number of nitrogens with zero attached hydrogens (tertiary/aromatic N) is 2. The first-order valence-electron chi connectivity index (χ1n) is 7.83. The van der Waals surface area contributed by atoms with Gasteiger partial charge in [-0.25, -0.2) is 9.36 Å². The van der Waals surface area contributed by atoms with Gasteiger partial charge in [-0.2, -0.15) is 0 Å². The van der Waals surface area contributed by atoms with E-state index < -0.39 is 17.1 Å². The second kappa shape index (κ2) is 7.10. The van der Waals surface area contributed by atoms with Crippen LogP contribution in [0.4, 0.5) is 5.69 Å². The topological polar surface area (TPSA) is 96.7 Å². The summed E-state index contributed by atoms with van der Waals surface area (Å²) in [4.78, 5) is 30.6. The molecule has 132 valence electrons. The highest BCUT2D eigenvalue weighted by Crippen LogP contribution is 2.19. The van der Waals surface area contributed by atoms with Gasteiger partial charge in [0.2, 0.25) is 5.88 Å². The number of hydrogen-bond donors (Lipinski definition) is 2. The van der Waals surface area contributed by atoms with Crippen LogP contribution in [0.15, 0.2) is 63.1 Å². The van der Waals surface area contributed by atoms with Gasteiger partial charge in [0.15, 0.2) is 0 Å². The molecule has 0 spiro atoms. The third kappa shape index (κ3) is 3.41. The summed E-state index contributed by atoms with van der Waals surface area (Å²) in [5.41, 5.74) is 0.379. The van der Waals surface area contributed by atoms with Crippen molar-refractivity contribution in [2.24, 2.45) is 4.99 Å². The normalized spacial score (nSPS) is 11.0. The zero-order valence-electron chi connectivity index (χ0n) is 14.3. The summed E-state index contributed by atoms with van der Waals surface area (Å²) in [7, 11) is 1.56. The van der Waals surface area contributed by atoms with Crippen molar-refractivity contribution in [1.29, 1.82) is 0 Å². The summed E-state index contributed by atoms with van der Waals surface area (Å²) in [6, 6.07) is 13.9. The maximum Gasteiger partial charge on any atom is 0.335 e. The lowest BCUT2D eigenvalue weighted by Gasteiger charge is -2.10. The summed E-state index contributed by atoms with van der Waals surface area (Å²) in [5.74, 6) is 0.208. The van der Waals surface area contributed by atoms with Gasteiger partial charge in [-0.15, -0.1) is 0 Å². The molecule has 7 heteroatoms. The van der Waals surface area contributed by atoms with Crippen molar-refractivity contribution >= 4 is 11.9 Å². The number of ether oxygens (including phenoxy) is 1.